The molecule has 0 spiro atoms. The molecule has 1 aliphatic heterocycles. The highest BCUT2D eigenvalue weighted by Gasteiger charge is 2.19. The van der Waals surface area contributed by atoms with Crippen LogP contribution in [0.5, 0.6) is 0 Å². The van der Waals surface area contributed by atoms with Crippen LogP contribution in [0.15, 0.2) is 42.6 Å². The van der Waals surface area contributed by atoms with Crippen LogP contribution >= 0.6 is 0 Å². The van der Waals surface area contributed by atoms with Gasteiger partial charge in [0.05, 0.1) is 6.42 Å². The van der Waals surface area contributed by atoms with Crippen LogP contribution in [-0.2, 0) is 17.6 Å². The second-order valence-electron chi connectivity index (χ2n) is 6.11. The number of aromatic amines is 1. The zero-order valence-electron chi connectivity index (χ0n) is 13.4. The van der Waals surface area contributed by atoms with E-state index in [9.17, 15) is 14.0 Å². The van der Waals surface area contributed by atoms with Crippen LogP contribution in [0.1, 0.15) is 21.5 Å². The van der Waals surface area contributed by atoms with Gasteiger partial charge in [-0.3, -0.25) is 9.59 Å². The van der Waals surface area contributed by atoms with E-state index in [1.807, 2.05) is 6.20 Å². The Bertz CT molecular complexity index is 993. The van der Waals surface area contributed by atoms with Crippen molar-refractivity contribution in [3.8, 4) is 0 Å². The third-order valence-electron chi connectivity index (χ3n) is 4.41. The molecule has 0 aliphatic carbocycles. The lowest BCUT2D eigenvalue weighted by atomic mass is 10.1. The van der Waals surface area contributed by atoms with Crippen LogP contribution in [0, 0.1) is 5.82 Å². The minimum absolute atomic E-state index is 0.0525. The lowest BCUT2D eigenvalue weighted by Gasteiger charge is -2.07. The molecule has 0 atom stereocenters. The zero-order valence-corrected chi connectivity index (χ0v) is 13.4. The number of benzene rings is 2. The molecule has 0 saturated heterocycles. The monoisotopic (exact) mass is 337 g/mol. The van der Waals surface area contributed by atoms with Crippen LogP contribution in [0.25, 0.3) is 10.9 Å². The van der Waals surface area contributed by atoms with Crippen LogP contribution in [0.3, 0.4) is 0 Å². The Morgan fingerprint density at radius 1 is 1.20 bits per heavy atom. The molecule has 0 saturated carbocycles. The number of hydrogen-bond acceptors (Lipinski definition) is 2. The molecule has 5 nitrogen and oxygen atoms in total. The highest BCUT2D eigenvalue weighted by atomic mass is 19.1. The zero-order chi connectivity index (χ0) is 17.4. The van der Waals surface area contributed by atoms with E-state index in [4.69, 9.17) is 0 Å². The quantitative estimate of drug-likeness (QED) is 0.685. The Balaban J connectivity index is 1.40. The summed E-state index contributed by atoms with van der Waals surface area (Å²) in [5.74, 6) is -0.518. The van der Waals surface area contributed by atoms with Gasteiger partial charge in [0, 0.05) is 34.9 Å². The summed E-state index contributed by atoms with van der Waals surface area (Å²) in [4.78, 5) is 26.7. The van der Waals surface area contributed by atoms with Crippen molar-refractivity contribution in [1.29, 1.82) is 0 Å². The second kappa shape index (κ2) is 6.05. The van der Waals surface area contributed by atoms with E-state index < -0.39 is 0 Å². The van der Waals surface area contributed by atoms with Crippen LogP contribution in [-0.4, -0.2) is 23.3 Å². The third kappa shape index (κ3) is 2.98. The molecule has 4 rings (SSSR count). The summed E-state index contributed by atoms with van der Waals surface area (Å²) in [5.41, 5.74) is 3.90. The standard InChI is InChI=1S/C19H16FN3O2/c20-14-3-4-15-13(10-22-17(15)9-14)5-6-21-19(25)12-2-1-11-8-18(24)23-16(11)7-12/h1-4,7,9-10,22H,5-6,8H2,(H,21,25)(H,23,24). The van der Waals surface area contributed by atoms with Gasteiger partial charge in [-0.15, -0.1) is 0 Å². The number of amides is 2. The SMILES string of the molecule is O=C1Cc2ccc(C(=O)NCCc3c[nH]c4cc(F)ccc34)cc2N1. The summed E-state index contributed by atoms with van der Waals surface area (Å²) in [6.07, 6.45) is 2.83. The molecule has 0 fully saturated rings. The normalized spacial score (nSPS) is 12.9. The Morgan fingerprint density at radius 2 is 2.08 bits per heavy atom. The number of rotatable bonds is 4. The molecule has 25 heavy (non-hydrogen) atoms. The predicted molar refractivity (Wildman–Crippen MR) is 93.1 cm³/mol. The van der Waals surface area contributed by atoms with Gasteiger partial charge in [0.15, 0.2) is 0 Å². The molecule has 0 unspecified atom stereocenters. The van der Waals surface area contributed by atoms with Gasteiger partial charge in [-0.1, -0.05) is 6.07 Å². The highest BCUT2D eigenvalue weighted by molar-refractivity contribution is 6.02. The molecular formula is C19H16FN3O2. The van der Waals surface area contributed by atoms with Gasteiger partial charge in [-0.25, -0.2) is 4.39 Å². The lowest BCUT2D eigenvalue weighted by molar-refractivity contribution is -0.115. The van der Waals surface area contributed by atoms with Crippen molar-refractivity contribution < 1.29 is 14.0 Å². The number of hydrogen-bond donors (Lipinski definition) is 3. The first-order valence-electron chi connectivity index (χ1n) is 8.06. The molecule has 0 radical (unpaired) electrons. The van der Waals surface area contributed by atoms with Gasteiger partial charge in [0.2, 0.25) is 5.91 Å². The summed E-state index contributed by atoms with van der Waals surface area (Å²) in [6.45, 7) is 0.465. The van der Waals surface area contributed by atoms with Crippen molar-refractivity contribution in [2.45, 2.75) is 12.8 Å². The molecule has 2 heterocycles. The number of anilines is 1. The molecule has 3 N–H and O–H groups in total. The predicted octanol–water partition coefficient (Wildman–Crippen LogP) is 2.77. The van der Waals surface area contributed by atoms with E-state index in [1.54, 1.807) is 24.3 Å². The number of carbonyl (C=O) groups excluding carboxylic acids is 2. The summed E-state index contributed by atoms with van der Waals surface area (Å²) >= 11 is 0. The van der Waals surface area contributed by atoms with Crippen molar-refractivity contribution in [1.82, 2.24) is 10.3 Å². The molecule has 0 bridgehead atoms. The molecule has 2 aromatic carbocycles. The van der Waals surface area contributed by atoms with E-state index in [2.05, 4.69) is 15.6 Å². The molecule has 1 aromatic heterocycles. The average molecular weight is 337 g/mol. The first-order chi connectivity index (χ1) is 12.1. The van der Waals surface area contributed by atoms with Gasteiger partial charge < -0.3 is 15.6 Å². The number of aromatic nitrogens is 1. The third-order valence-corrected chi connectivity index (χ3v) is 4.41. The maximum atomic E-state index is 13.2. The minimum atomic E-state index is -0.280. The summed E-state index contributed by atoms with van der Waals surface area (Å²) in [5, 5.41) is 6.57. The maximum Gasteiger partial charge on any atom is 0.251 e. The topological polar surface area (TPSA) is 74.0 Å². The van der Waals surface area contributed by atoms with E-state index in [-0.39, 0.29) is 17.6 Å². The van der Waals surface area contributed by atoms with Gasteiger partial charge in [0.1, 0.15) is 5.82 Å². The number of fused-ring (bicyclic) bond motifs is 2. The Kier molecular flexibility index (Phi) is 3.72. The largest absolute Gasteiger partial charge is 0.361 e. The first-order valence-corrected chi connectivity index (χ1v) is 8.06. The number of H-pyrrole nitrogens is 1. The molecule has 3 aromatic rings. The highest BCUT2D eigenvalue weighted by Crippen LogP contribution is 2.24. The summed E-state index contributed by atoms with van der Waals surface area (Å²) in [7, 11) is 0. The first kappa shape index (κ1) is 15.4. The Labute approximate surface area is 143 Å². The van der Waals surface area contributed by atoms with E-state index in [0.29, 0.717) is 30.6 Å². The van der Waals surface area contributed by atoms with Gasteiger partial charge in [-0.05, 0) is 47.9 Å². The van der Waals surface area contributed by atoms with E-state index in [1.165, 1.54) is 12.1 Å². The van der Waals surface area contributed by atoms with E-state index >= 15 is 0 Å². The van der Waals surface area contributed by atoms with Crippen molar-refractivity contribution in [2.24, 2.45) is 0 Å². The molecule has 1 aliphatic rings. The van der Waals surface area contributed by atoms with Crippen LogP contribution in [0.4, 0.5) is 10.1 Å². The summed E-state index contributed by atoms with van der Waals surface area (Å²) < 4.78 is 13.2. The lowest BCUT2D eigenvalue weighted by Crippen LogP contribution is -2.25. The van der Waals surface area contributed by atoms with Crippen LogP contribution < -0.4 is 10.6 Å². The number of halogens is 1. The fourth-order valence-electron chi connectivity index (χ4n) is 3.13. The molecule has 6 heteroatoms. The smallest absolute Gasteiger partial charge is 0.251 e. The summed E-state index contributed by atoms with van der Waals surface area (Å²) in [6, 6.07) is 9.85. The molecular weight excluding hydrogens is 321 g/mol. The van der Waals surface area contributed by atoms with Gasteiger partial charge in [0.25, 0.3) is 5.91 Å². The van der Waals surface area contributed by atoms with Crippen LogP contribution in [0.2, 0.25) is 0 Å². The van der Waals surface area contributed by atoms with Gasteiger partial charge >= 0.3 is 0 Å². The fourth-order valence-corrected chi connectivity index (χ4v) is 3.13. The van der Waals surface area contributed by atoms with Gasteiger partial charge in [-0.2, -0.15) is 0 Å². The Morgan fingerprint density at radius 3 is 2.96 bits per heavy atom. The van der Waals surface area contributed by atoms with Crippen molar-refractivity contribution in [3.63, 3.8) is 0 Å². The fraction of sp³-hybridized carbons (Fsp3) is 0.158. The van der Waals surface area contributed by atoms with Crippen molar-refractivity contribution in [2.75, 3.05) is 11.9 Å². The number of nitrogens with one attached hydrogen (secondary N) is 3. The Hall–Kier alpha value is -3.15. The van der Waals surface area contributed by atoms with Crippen molar-refractivity contribution >= 4 is 28.4 Å². The minimum Gasteiger partial charge on any atom is -0.361 e. The average Bonchev–Trinajstić information content (AvgIpc) is 3.16. The maximum absolute atomic E-state index is 13.2. The molecule has 126 valence electrons. The molecule has 2 amide bonds. The van der Waals surface area contributed by atoms with E-state index in [0.717, 1.165) is 22.0 Å². The second-order valence-corrected chi connectivity index (χ2v) is 6.11. The number of carbonyl (C=O) groups is 2. The van der Waals surface area contributed by atoms with Crippen molar-refractivity contribution in [3.05, 3.63) is 65.1 Å².